The Morgan fingerprint density at radius 2 is 1.93 bits per heavy atom. The van der Waals surface area contributed by atoms with Gasteiger partial charge in [0.05, 0.1) is 25.6 Å². The first-order chi connectivity index (χ1) is 13.4. The maximum Gasteiger partial charge on any atom is 0.263 e. The number of benzene rings is 2. The van der Waals surface area contributed by atoms with E-state index in [4.69, 9.17) is 9.47 Å². The van der Waals surface area contributed by atoms with Crippen LogP contribution < -0.4 is 19.1 Å². The minimum Gasteiger partial charge on any atom is -0.497 e. The standard InChI is InChI=1S/C20H24N2O5S/c1-26-16-11-9-15(10-12-16)6-5-13-21-20(23)19-14-22(28(2,24)25)17-7-3-4-8-18(17)27-19/h3-4,7-12,19H,5-6,13-14H2,1-2H3,(H,21,23). The highest BCUT2D eigenvalue weighted by Gasteiger charge is 2.34. The third-order valence-electron chi connectivity index (χ3n) is 4.53. The van der Waals surface area contributed by atoms with E-state index in [1.807, 2.05) is 24.3 Å². The van der Waals surface area contributed by atoms with Crippen LogP contribution in [0.3, 0.4) is 0 Å². The Hall–Kier alpha value is -2.74. The van der Waals surface area contributed by atoms with Crippen LogP contribution in [0.2, 0.25) is 0 Å². The van der Waals surface area contributed by atoms with Gasteiger partial charge in [-0.2, -0.15) is 0 Å². The van der Waals surface area contributed by atoms with Crippen molar-refractivity contribution in [2.24, 2.45) is 0 Å². The molecule has 0 saturated carbocycles. The summed E-state index contributed by atoms with van der Waals surface area (Å²) in [6.07, 6.45) is 1.81. The van der Waals surface area contributed by atoms with Crippen molar-refractivity contribution in [1.82, 2.24) is 5.32 Å². The van der Waals surface area contributed by atoms with E-state index in [2.05, 4.69) is 5.32 Å². The molecule has 150 valence electrons. The summed E-state index contributed by atoms with van der Waals surface area (Å²) >= 11 is 0. The van der Waals surface area contributed by atoms with E-state index in [0.717, 1.165) is 30.4 Å². The van der Waals surface area contributed by atoms with Crippen LogP contribution in [-0.2, 0) is 21.2 Å². The molecule has 1 aliphatic rings. The van der Waals surface area contributed by atoms with Crippen LogP contribution >= 0.6 is 0 Å². The lowest BCUT2D eigenvalue weighted by Gasteiger charge is -2.33. The number of hydrogen-bond donors (Lipinski definition) is 1. The summed E-state index contributed by atoms with van der Waals surface area (Å²) < 4.78 is 36.3. The lowest BCUT2D eigenvalue weighted by Crippen LogP contribution is -2.50. The molecule has 2 aromatic carbocycles. The van der Waals surface area contributed by atoms with E-state index in [1.54, 1.807) is 31.4 Å². The second-order valence-corrected chi connectivity index (χ2v) is 8.52. The number of anilines is 1. The van der Waals surface area contributed by atoms with Crippen molar-refractivity contribution >= 4 is 21.6 Å². The van der Waals surface area contributed by atoms with Gasteiger partial charge >= 0.3 is 0 Å². The Bertz CT molecular complexity index is 928. The molecule has 1 heterocycles. The average Bonchev–Trinajstić information content (AvgIpc) is 2.70. The molecule has 0 aromatic heterocycles. The Labute approximate surface area is 165 Å². The fourth-order valence-corrected chi connectivity index (χ4v) is 3.98. The molecule has 0 radical (unpaired) electrons. The van der Waals surface area contributed by atoms with Gasteiger partial charge in [-0.1, -0.05) is 24.3 Å². The fraction of sp³-hybridized carbons (Fsp3) is 0.350. The predicted molar refractivity (Wildman–Crippen MR) is 107 cm³/mol. The quantitative estimate of drug-likeness (QED) is 0.713. The molecule has 3 rings (SSSR count). The highest BCUT2D eigenvalue weighted by molar-refractivity contribution is 7.92. The number of ether oxygens (including phenoxy) is 2. The molecule has 28 heavy (non-hydrogen) atoms. The van der Waals surface area contributed by atoms with Crippen molar-refractivity contribution < 1.29 is 22.7 Å². The minimum absolute atomic E-state index is 0.0415. The van der Waals surface area contributed by atoms with Crippen molar-refractivity contribution in [3.63, 3.8) is 0 Å². The van der Waals surface area contributed by atoms with Gasteiger partial charge < -0.3 is 14.8 Å². The molecule has 1 unspecified atom stereocenters. The van der Waals surface area contributed by atoms with E-state index in [0.29, 0.717) is 18.0 Å². The SMILES string of the molecule is COc1ccc(CCCNC(=O)C2CN(S(C)(=O)=O)c3ccccc3O2)cc1. The summed E-state index contributed by atoms with van der Waals surface area (Å²) in [5, 5.41) is 2.84. The number of sulfonamides is 1. The number of fused-ring (bicyclic) bond motifs is 1. The van der Waals surface area contributed by atoms with E-state index in [-0.39, 0.29) is 12.5 Å². The average molecular weight is 404 g/mol. The van der Waals surface area contributed by atoms with Crippen molar-refractivity contribution in [1.29, 1.82) is 0 Å². The van der Waals surface area contributed by atoms with Crippen LogP contribution in [0.15, 0.2) is 48.5 Å². The summed E-state index contributed by atoms with van der Waals surface area (Å²) in [5.74, 6) is 0.873. The van der Waals surface area contributed by atoms with E-state index >= 15 is 0 Å². The largest absolute Gasteiger partial charge is 0.497 e. The third kappa shape index (κ3) is 4.75. The van der Waals surface area contributed by atoms with Gasteiger partial charge in [0.15, 0.2) is 6.10 Å². The van der Waals surface area contributed by atoms with Crippen molar-refractivity contribution in [3.05, 3.63) is 54.1 Å². The first kappa shape index (κ1) is 20.0. The lowest BCUT2D eigenvalue weighted by molar-refractivity contribution is -0.127. The number of rotatable bonds is 7. The summed E-state index contributed by atoms with van der Waals surface area (Å²) in [6, 6.07) is 14.6. The predicted octanol–water partition coefficient (Wildman–Crippen LogP) is 1.97. The van der Waals surface area contributed by atoms with Gasteiger partial charge in [0.25, 0.3) is 5.91 Å². The monoisotopic (exact) mass is 404 g/mol. The van der Waals surface area contributed by atoms with Gasteiger partial charge in [-0.3, -0.25) is 9.10 Å². The molecular formula is C20H24N2O5S. The van der Waals surface area contributed by atoms with Gasteiger partial charge in [0.1, 0.15) is 11.5 Å². The molecule has 0 fully saturated rings. The molecule has 2 aromatic rings. The summed E-state index contributed by atoms with van der Waals surface area (Å²) in [6.45, 7) is 0.436. The second kappa shape index (κ2) is 8.52. The second-order valence-electron chi connectivity index (χ2n) is 6.61. The van der Waals surface area contributed by atoms with Crippen molar-refractivity contribution in [2.75, 3.05) is 30.8 Å². The molecule has 0 saturated heterocycles. The number of methoxy groups -OCH3 is 1. The first-order valence-electron chi connectivity index (χ1n) is 9.02. The molecule has 1 atom stereocenters. The zero-order valence-corrected chi connectivity index (χ0v) is 16.7. The molecule has 1 aliphatic heterocycles. The highest BCUT2D eigenvalue weighted by atomic mass is 32.2. The molecule has 7 nitrogen and oxygen atoms in total. The zero-order chi connectivity index (χ0) is 20.1. The van der Waals surface area contributed by atoms with Gasteiger partial charge in [-0.05, 0) is 42.7 Å². The topological polar surface area (TPSA) is 84.9 Å². The van der Waals surface area contributed by atoms with E-state index in [1.165, 1.54) is 4.31 Å². The maximum atomic E-state index is 12.5. The normalized spacial score (nSPS) is 16.1. The van der Waals surface area contributed by atoms with Gasteiger partial charge in [-0.25, -0.2) is 8.42 Å². The Morgan fingerprint density at radius 1 is 1.21 bits per heavy atom. The number of amides is 1. The Morgan fingerprint density at radius 3 is 2.61 bits per heavy atom. The molecule has 0 bridgehead atoms. The zero-order valence-electron chi connectivity index (χ0n) is 15.9. The van der Waals surface area contributed by atoms with E-state index in [9.17, 15) is 13.2 Å². The number of carbonyl (C=O) groups excluding carboxylic acids is 1. The van der Waals surface area contributed by atoms with Crippen molar-refractivity contribution in [3.8, 4) is 11.5 Å². The number of nitrogens with zero attached hydrogens (tertiary/aromatic N) is 1. The van der Waals surface area contributed by atoms with Crippen LogP contribution in [0.5, 0.6) is 11.5 Å². The van der Waals surface area contributed by atoms with E-state index < -0.39 is 16.1 Å². The molecular weight excluding hydrogens is 380 g/mol. The maximum absolute atomic E-state index is 12.5. The van der Waals surface area contributed by atoms with Crippen molar-refractivity contribution in [2.45, 2.75) is 18.9 Å². The number of para-hydroxylation sites is 2. The number of aryl methyl sites for hydroxylation is 1. The summed E-state index contributed by atoms with van der Waals surface area (Å²) in [5.41, 5.74) is 1.61. The Balaban J connectivity index is 1.55. The van der Waals surface area contributed by atoms with Gasteiger partial charge in [0.2, 0.25) is 10.0 Å². The van der Waals surface area contributed by atoms with Crippen LogP contribution in [0.25, 0.3) is 0 Å². The fourth-order valence-electron chi connectivity index (χ4n) is 3.06. The molecule has 1 N–H and O–H groups in total. The van der Waals surface area contributed by atoms with Crippen LogP contribution in [0.1, 0.15) is 12.0 Å². The van der Waals surface area contributed by atoms with Gasteiger partial charge in [0, 0.05) is 6.54 Å². The lowest BCUT2D eigenvalue weighted by atomic mass is 10.1. The number of nitrogens with one attached hydrogen (secondary N) is 1. The molecule has 0 aliphatic carbocycles. The summed E-state index contributed by atoms with van der Waals surface area (Å²) in [4.78, 5) is 12.5. The van der Waals surface area contributed by atoms with Gasteiger partial charge in [-0.15, -0.1) is 0 Å². The van der Waals surface area contributed by atoms with Crippen LogP contribution in [0.4, 0.5) is 5.69 Å². The van der Waals surface area contributed by atoms with Crippen LogP contribution in [-0.4, -0.2) is 46.9 Å². The summed E-state index contributed by atoms with van der Waals surface area (Å²) in [7, 11) is -1.88. The molecule has 0 spiro atoms. The van der Waals surface area contributed by atoms with Crippen LogP contribution in [0, 0.1) is 0 Å². The number of carbonyl (C=O) groups is 1. The minimum atomic E-state index is -3.51. The third-order valence-corrected chi connectivity index (χ3v) is 5.67. The molecule has 8 heteroatoms. The Kier molecular flexibility index (Phi) is 6.08. The highest BCUT2D eigenvalue weighted by Crippen LogP contribution is 2.34. The molecule has 1 amide bonds. The smallest absolute Gasteiger partial charge is 0.263 e. The first-order valence-corrected chi connectivity index (χ1v) is 10.9. The number of hydrogen-bond acceptors (Lipinski definition) is 5.